The number of hydrogen-bond donors (Lipinski definition) is 1. The van der Waals surface area contributed by atoms with E-state index in [9.17, 15) is 8.42 Å². The lowest BCUT2D eigenvalue weighted by atomic mass is 10.1. The van der Waals surface area contributed by atoms with Crippen molar-refractivity contribution in [1.82, 2.24) is 4.72 Å². The largest absolute Gasteiger partial charge is 0.241 e. The van der Waals surface area contributed by atoms with E-state index in [2.05, 4.69) is 27.6 Å². The van der Waals surface area contributed by atoms with E-state index in [0.29, 0.717) is 27.7 Å². The maximum absolute atomic E-state index is 12.2. The minimum absolute atomic E-state index is 0.316. The molecule has 0 radical (unpaired) electrons. The van der Waals surface area contributed by atoms with E-state index in [1.165, 1.54) is 12.8 Å². The second kappa shape index (κ2) is 5.31. The van der Waals surface area contributed by atoms with Gasteiger partial charge in [0, 0.05) is 11.0 Å². The van der Waals surface area contributed by atoms with Crippen LogP contribution in [0.2, 0.25) is 0 Å². The highest BCUT2D eigenvalue weighted by Gasteiger charge is 2.29. The van der Waals surface area contributed by atoms with Crippen LogP contribution in [0.1, 0.15) is 25.3 Å². The molecule has 0 heterocycles. The summed E-state index contributed by atoms with van der Waals surface area (Å²) in [5.74, 6) is 1.12. The first-order valence-electron chi connectivity index (χ1n) is 6.16. The maximum atomic E-state index is 12.2. The molecule has 1 fully saturated rings. The molecule has 18 heavy (non-hydrogen) atoms. The normalized spacial score (nSPS) is 17.7. The van der Waals surface area contributed by atoms with Crippen LogP contribution in [0.25, 0.3) is 0 Å². The van der Waals surface area contributed by atoms with Crippen LogP contribution in [0.5, 0.6) is 0 Å². The summed E-state index contributed by atoms with van der Waals surface area (Å²) in [5, 5.41) is 0. The number of nitrogens with one attached hydrogen (secondary N) is 1. The molecule has 1 aliphatic carbocycles. The third kappa shape index (κ3) is 3.33. The minimum atomic E-state index is -3.41. The lowest BCUT2D eigenvalue weighted by Gasteiger charge is -2.13. The van der Waals surface area contributed by atoms with E-state index < -0.39 is 10.0 Å². The summed E-state index contributed by atoms with van der Waals surface area (Å²) < 4.78 is 27.7. The SMILES string of the molecule is Cc1ccc(S(=O)(=O)NCC(C)C2CC2)c(Br)c1. The van der Waals surface area contributed by atoms with Gasteiger partial charge in [-0.05, 0) is 65.2 Å². The molecule has 0 saturated heterocycles. The van der Waals surface area contributed by atoms with Crippen molar-refractivity contribution < 1.29 is 8.42 Å². The number of rotatable bonds is 5. The van der Waals surface area contributed by atoms with Gasteiger partial charge in [0.25, 0.3) is 0 Å². The van der Waals surface area contributed by atoms with Crippen molar-refractivity contribution in [1.29, 1.82) is 0 Å². The monoisotopic (exact) mass is 331 g/mol. The number of benzene rings is 1. The van der Waals surface area contributed by atoms with Crippen LogP contribution in [0.3, 0.4) is 0 Å². The van der Waals surface area contributed by atoms with Crippen LogP contribution < -0.4 is 4.72 Å². The van der Waals surface area contributed by atoms with Gasteiger partial charge in [-0.1, -0.05) is 13.0 Å². The summed E-state index contributed by atoms with van der Waals surface area (Å²) in [6, 6.07) is 5.27. The van der Waals surface area contributed by atoms with E-state index in [0.717, 1.165) is 5.56 Å². The Hall–Kier alpha value is -0.390. The van der Waals surface area contributed by atoms with Crippen molar-refractivity contribution in [3.8, 4) is 0 Å². The van der Waals surface area contributed by atoms with Gasteiger partial charge in [0.1, 0.15) is 0 Å². The molecule has 3 nitrogen and oxygen atoms in total. The lowest BCUT2D eigenvalue weighted by Crippen LogP contribution is -2.29. The van der Waals surface area contributed by atoms with Crippen LogP contribution in [-0.2, 0) is 10.0 Å². The van der Waals surface area contributed by atoms with E-state index in [1.807, 2.05) is 19.1 Å². The molecule has 0 aromatic heterocycles. The number of aryl methyl sites for hydroxylation is 1. The topological polar surface area (TPSA) is 46.2 Å². The highest BCUT2D eigenvalue weighted by Crippen LogP contribution is 2.36. The average Bonchev–Trinajstić information content (AvgIpc) is 3.09. The molecule has 1 aromatic carbocycles. The minimum Gasteiger partial charge on any atom is -0.211 e. The Morgan fingerprint density at radius 2 is 2.11 bits per heavy atom. The zero-order valence-corrected chi connectivity index (χ0v) is 13.0. The zero-order valence-electron chi connectivity index (χ0n) is 10.6. The number of sulfonamides is 1. The van der Waals surface area contributed by atoms with E-state index in [1.54, 1.807) is 6.07 Å². The van der Waals surface area contributed by atoms with Crippen molar-refractivity contribution in [2.24, 2.45) is 11.8 Å². The Morgan fingerprint density at radius 3 is 2.67 bits per heavy atom. The first kappa shape index (κ1) is 14.0. The highest BCUT2D eigenvalue weighted by atomic mass is 79.9. The molecule has 1 saturated carbocycles. The average molecular weight is 332 g/mol. The molecular formula is C13H18BrNO2S. The lowest BCUT2D eigenvalue weighted by molar-refractivity contribution is 0.491. The molecule has 2 rings (SSSR count). The molecule has 1 aromatic rings. The van der Waals surface area contributed by atoms with Gasteiger partial charge in [-0.3, -0.25) is 0 Å². The Labute approximate surface area is 117 Å². The quantitative estimate of drug-likeness (QED) is 0.901. The Morgan fingerprint density at radius 1 is 1.44 bits per heavy atom. The molecule has 1 unspecified atom stereocenters. The van der Waals surface area contributed by atoms with Gasteiger partial charge < -0.3 is 0 Å². The first-order valence-corrected chi connectivity index (χ1v) is 8.43. The molecule has 1 atom stereocenters. The molecule has 100 valence electrons. The first-order chi connectivity index (χ1) is 8.40. The summed E-state index contributed by atoms with van der Waals surface area (Å²) in [6.45, 7) is 4.56. The molecule has 1 N–H and O–H groups in total. The van der Waals surface area contributed by atoms with E-state index >= 15 is 0 Å². The Kier molecular flexibility index (Phi) is 4.14. The third-order valence-electron chi connectivity index (χ3n) is 3.40. The Bertz CT molecular complexity index is 538. The van der Waals surface area contributed by atoms with Gasteiger partial charge in [0.15, 0.2) is 0 Å². The van der Waals surface area contributed by atoms with Gasteiger partial charge in [-0.2, -0.15) is 0 Å². The fraction of sp³-hybridized carbons (Fsp3) is 0.538. The van der Waals surface area contributed by atoms with Crippen LogP contribution in [0.15, 0.2) is 27.6 Å². The van der Waals surface area contributed by atoms with Crippen molar-refractivity contribution >= 4 is 26.0 Å². The van der Waals surface area contributed by atoms with Crippen molar-refractivity contribution in [2.75, 3.05) is 6.54 Å². The fourth-order valence-electron chi connectivity index (χ4n) is 1.97. The molecule has 5 heteroatoms. The van der Waals surface area contributed by atoms with Crippen LogP contribution in [0, 0.1) is 18.8 Å². The zero-order chi connectivity index (χ0) is 13.3. The van der Waals surface area contributed by atoms with E-state index in [4.69, 9.17) is 0 Å². The molecular weight excluding hydrogens is 314 g/mol. The molecule has 1 aliphatic rings. The molecule has 0 spiro atoms. The van der Waals surface area contributed by atoms with Crippen molar-refractivity contribution in [2.45, 2.75) is 31.6 Å². The summed E-state index contributed by atoms with van der Waals surface area (Å²) in [5.41, 5.74) is 1.03. The van der Waals surface area contributed by atoms with Crippen LogP contribution in [0.4, 0.5) is 0 Å². The van der Waals surface area contributed by atoms with Gasteiger partial charge in [-0.25, -0.2) is 13.1 Å². The summed E-state index contributed by atoms with van der Waals surface area (Å²) in [7, 11) is -3.41. The molecule has 0 aliphatic heterocycles. The van der Waals surface area contributed by atoms with Gasteiger partial charge in [0.2, 0.25) is 10.0 Å². The molecule has 0 amide bonds. The second-order valence-corrected chi connectivity index (χ2v) is 7.69. The van der Waals surface area contributed by atoms with Crippen LogP contribution >= 0.6 is 15.9 Å². The van der Waals surface area contributed by atoms with Gasteiger partial charge in [0.05, 0.1) is 4.90 Å². The predicted molar refractivity (Wildman–Crippen MR) is 76.0 cm³/mol. The fourth-order valence-corrected chi connectivity index (χ4v) is 4.31. The second-order valence-electron chi connectivity index (χ2n) is 5.10. The molecule has 0 bridgehead atoms. The number of hydrogen-bond acceptors (Lipinski definition) is 2. The number of halogens is 1. The van der Waals surface area contributed by atoms with Crippen LogP contribution in [-0.4, -0.2) is 15.0 Å². The maximum Gasteiger partial charge on any atom is 0.241 e. The smallest absolute Gasteiger partial charge is 0.211 e. The standard InChI is InChI=1S/C13H18BrNO2S/c1-9-3-6-13(12(14)7-9)18(16,17)15-8-10(2)11-4-5-11/h3,6-7,10-11,15H,4-5,8H2,1-2H3. The summed E-state index contributed by atoms with van der Waals surface area (Å²) in [4.78, 5) is 0.316. The van der Waals surface area contributed by atoms with Crippen molar-refractivity contribution in [3.63, 3.8) is 0 Å². The Balaban J connectivity index is 2.09. The van der Waals surface area contributed by atoms with Gasteiger partial charge in [-0.15, -0.1) is 0 Å². The highest BCUT2D eigenvalue weighted by molar-refractivity contribution is 9.10. The van der Waals surface area contributed by atoms with Crippen molar-refractivity contribution in [3.05, 3.63) is 28.2 Å². The van der Waals surface area contributed by atoms with Gasteiger partial charge >= 0.3 is 0 Å². The summed E-state index contributed by atoms with van der Waals surface area (Å²) in [6.07, 6.45) is 2.47. The van der Waals surface area contributed by atoms with E-state index in [-0.39, 0.29) is 0 Å². The summed E-state index contributed by atoms with van der Waals surface area (Å²) >= 11 is 3.31. The third-order valence-corrected chi connectivity index (χ3v) is 5.80. The predicted octanol–water partition coefficient (Wildman–Crippen LogP) is 3.08.